The predicted octanol–water partition coefficient (Wildman–Crippen LogP) is 3.69. The van der Waals surface area contributed by atoms with Gasteiger partial charge in [0.1, 0.15) is 0 Å². The van der Waals surface area contributed by atoms with Gasteiger partial charge in [-0.3, -0.25) is 19.1 Å². The number of likely N-dealkylation sites (tertiary alicyclic amines) is 1. The summed E-state index contributed by atoms with van der Waals surface area (Å²) < 4.78 is 1.53. The smallest absolute Gasteiger partial charge is 0.327 e. The van der Waals surface area contributed by atoms with Gasteiger partial charge < -0.3 is 9.80 Å². The second-order valence-electron chi connectivity index (χ2n) is 9.61. The molecule has 0 aliphatic carbocycles. The van der Waals surface area contributed by atoms with Crippen LogP contribution in [0.1, 0.15) is 41.1 Å². The predicted molar refractivity (Wildman–Crippen MR) is 138 cm³/mol. The topological polar surface area (TPSA) is 91.3 Å². The normalized spacial score (nSPS) is 17.2. The molecule has 2 aliphatic rings. The third-order valence-electron chi connectivity index (χ3n) is 7.44. The van der Waals surface area contributed by atoms with Crippen molar-refractivity contribution >= 4 is 28.7 Å². The Kier molecular flexibility index (Phi) is 5.44. The van der Waals surface area contributed by atoms with Gasteiger partial charge in [0.15, 0.2) is 5.65 Å². The molecular weight excluding hydrogens is 454 g/mol. The average Bonchev–Trinajstić information content (AvgIpc) is 3.57. The molecule has 0 bridgehead atoms. The largest absolute Gasteiger partial charge is 0.343 e. The lowest BCUT2D eigenvalue weighted by Gasteiger charge is -2.20. The Labute approximate surface area is 208 Å². The number of para-hydroxylation sites is 1. The fourth-order valence-electron chi connectivity index (χ4n) is 5.43. The summed E-state index contributed by atoms with van der Waals surface area (Å²) in [6.07, 6.45) is 4.13. The lowest BCUT2D eigenvalue weighted by atomic mass is 9.98. The second kappa shape index (κ2) is 8.78. The Morgan fingerprint density at radius 1 is 1.08 bits per heavy atom. The molecule has 6 rings (SSSR count). The number of aromatic nitrogens is 3. The molecule has 1 unspecified atom stereocenters. The molecule has 4 heterocycles. The number of carbonyl (C=O) groups is 2. The van der Waals surface area contributed by atoms with Crippen molar-refractivity contribution < 1.29 is 9.59 Å². The van der Waals surface area contributed by atoms with Crippen molar-refractivity contribution in [3.8, 4) is 11.1 Å². The molecule has 2 aromatic heterocycles. The summed E-state index contributed by atoms with van der Waals surface area (Å²) in [5.74, 6) is 0.383. The maximum Gasteiger partial charge on any atom is 0.327 e. The molecule has 36 heavy (non-hydrogen) atoms. The van der Waals surface area contributed by atoms with Crippen molar-refractivity contribution in [1.29, 1.82) is 0 Å². The molecule has 4 aromatic rings. The third-order valence-corrected chi connectivity index (χ3v) is 7.44. The van der Waals surface area contributed by atoms with Crippen molar-refractivity contribution in [2.24, 2.45) is 7.05 Å². The highest BCUT2D eigenvalue weighted by molar-refractivity contribution is 6.08. The van der Waals surface area contributed by atoms with Crippen molar-refractivity contribution in [2.45, 2.75) is 25.2 Å². The second-order valence-corrected chi connectivity index (χ2v) is 9.61. The molecule has 1 saturated heterocycles. The molecular formula is C28H27N5O3. The van der Waals surface area contributed by atoms with E-state index in [1.54, 1.807) is 13.2 Å². The number of nitrogens with zero attached hydrogens (tertiary/aromatic N) is 4. The molecule has 182 valence electrons. The van der Waals surface area contributed by atoms with E-state index in [4.69, 9.17) is 0 Å². The molecule has 0 radical (unpaired) electrons. The molecule has 8 heteroatoms. The average molecular weight is 482 g/mol. The van der Waals surface area contributed by atoms with E-state index in [2.05, 4.69) is 16.0 Å². The van der Waals surface area contributed by atoms with Crippen LogP contribution in [0.15, 0.2) is 65.6 Å². The number of aromatic amines is 1. The summed E-state index contributed by atoms with van der Waals surface area (Å²) in [4.78, 5) is 48.6. The number of amides is 2. The van der Waals surface area contributed by atoms with Crippen LogP contribution in [0.3, 0.4) is 0 Å². The Balaban J connectivity index is 1.27. The first kappa shape index (κ1) is 22.3. The molecule has 2 amide bonds. The number of anilines is 1. The van der Waals surface area contributed by atoms with Crippen LogP contribution in [0.25, 0.3) is 22.3 Å². The number of aryl methyl sites for hydroxylation is 1. The van der Waals surface area contributed by atoms with Crippen LogP contribution in [0, 0.1) is 0 Å². The van der Waals surface area contributed by atoms with Gasteiger partial charge in [0.25, 0.3) is 5.91 Å². The highest BCUT2D eigenvalue weighted by Crippen LogP contribution is 2.39. The number of pyridine rings is 1. The summed E-state index contributed by atoms with van der Waals surface area (Å²) in [6, 6.07) is 17.5. The molecule has 0 spiro atoms. The van der Waals surface area contributed by atoms with Crippen LogP contribution in [0.4, 0.5) is 5.69 Å². The minimum Gasteiger partial charge on any atom is -0.343 e. The van der Waals surface area contributed by atoms with Crippen molar-refractivity contribution in [2.75, 3.05) is 24.5 Å². The highest BCUT2D eigenvalue weighted by Gasteiger charge is 2.33. The minimum absolute atomic E-state index is 0.0490. The van der Waals surface area contributed by atoms with E-state index in [1.165, 1.54) is 4.57 Å². The molecule has 1 N–H and O–H groups in total. The van der Waals surface area contributed by atoms with Gasteiger partial charge in [-0.25, -0.2) is 9.78 Å². The standard InChI is InChI=1S/C28H27N5O3/c1-31-24-15-21(16-29-26(24)30-28(31)36)18-6-4-7-19(14-18)27(35)33-17-20(22-8-2-3-9-23(22)33)11-13-32-12-5-10-25(32)34/h2-4,6-9,14-16,20H,5,10-13,17H2,1H3,(H,29,30,36). The fourth-order valence-corrected chi connectivity index (χ4v) is 5.43. The number of H-pyrrole nitrogens is 1. The molecule has 2 aromatic carbocycles. The molecule has 1 atom stereocenters. The van der Waals surface area contributed by atoms with Gasteiger partial charge in [-0.15, -0.1) is 0 Å². The Morgan fingerprint density at radius 3 is 2.78 bits per heavy atom. The van der Waals surface area contributed by atoms with E-state index >= 15 is 0 Å². The summed E-state index contributed by atoms with van der Waals surface area (Å²) in [5.41, 5.74) is 5.43. The maximum absolute atomic E-state index is 13.7. The van der Waals surface area contributed by atoms with Gasteiger partial charge in [-0.05, 0) is 48.2 Å². The zero-order chi connectivity index (χ0) is 24.8. The zero-order valence-electron chi connectivity index (χ0n) is 20.1. The van der Waals surface area contributed by atoms with Gasteiger partial charge in [-0.1, -0.05) is 30.3 Å². The number of hydrogen-bond donors (Lipinski definition) is 1. The van der Waals surface area contributed by atoms with Crippen molar-refractivity contribution in [1.82, 2.24) is 19.4 Å². The van der Waals surface area contributed by atoms with E-state index in [0.717, 1.165) is 48.3 Å². The van der Waals surface area contributed by atoms with E-state index in [-0.39, 0.29) is 23.4 Å². The van der Waals surface area contributed by atoms with Crippen LogP contribution >= 0.6 is 0 Å². The van der Waals surface area contributed by atoms with E-state index < -0.39 is 0 Å². The van der Waals surface area contributed by atoms with Crippen LogP contribution in [-0.4, -0.2) is 50.9 Å². The van der Waals surface area contributed by atoms with Gasteiger partial charge >= 0.3 is 5.69 Å². The van der Waals surface area contributed by atoms with Gasteiger partial charge in [0, 0.05) is 62.0 Å². The Morgan fingerprint density at radius 2 is 1.94 bits per heavy atom. The number of imidazole rings is 1. The first-order valence-corrected chi connectivity index (χ1v) is 12.3. The number of fused-ring (bicyclic) bond motifs is 2. The van der Waals surface area contributed by atoms with Gasteiger partial charge in [-0.2, -0.15) is 0 Å². The monoisotopic (exact) mass is 481 g/mol. The first-order valence-electron chi connectivity index (χ1n) is 12.3. The van der Waals surface area contributed by atoms with Gasteiger partial charge in [0.2, 0.25) is 5.91 Å². The molecule has 8 nitrogen and oxygen atoms in total. The summed E-state index contributed by atoms with van der Waals surface area (Å²) in [5, 5.41) is 0. The number of rotatable bonds is 5. The molecule has 1 fully saturated rings. The third kappa shape index (κ3) is 3.79. The highest BCUT2D eigenvalue weighted by atomic mass is 16.2. The van der Waals surface area contributed by atoms with Crippen LogP contribution in [0.2, 0.25) is 0 Å². The number of carbonyl (C=O) groups excluding carboxylic acids is 2. The van der Waals surface area contributed by atoms with E-state index in [0.29, 0.717) is 29.7 Å². The van der Waals surface area contributed by atoms with Crippen LogP contribution in [0.5, 0.6) is 0 Å². The minimum atomic E-state index is -0.213. The number of benzene rings is 2. The van der Waals surface area contributed by atoms with E-state index in [9.17, 15) is 14.4 Å². The maximum atomic E-state index is 13.7. The first-order chi connectivity index (χ1) is 17.5. The van der Waals surface area contributed by atoms with Crippen LogP contribution < -0.4 is 10.6 Å². The molecule has 0 saturated carbocycles. The lowest BCUT2D eigenvalue weighted by Crippen LogP contribution is -2.31. The van der Waals surface area contributed by atoms with Crippen molar-refractivity contribution in [3.63, 3.8) is 0 Å². The van der Waals surface area contributed by atoms with Crippen LogP contribution in [-0.2, 0) is 11.8 Å². The quantitative estimate of drug-likeness (QED) is 0.471. The van der Waals surface area contributed by atoms with E-state index in [1.807, 2.05) is 58.3 Å². The summed E-state index contributed by atoms with van der Waals surface area (Å²) >= 11 is 0. The lowest BCUT2D eigenvalue weighted by molar-refractivity contribution is -0.127. The zero-order valence-corrected chi connectivity index (χ0v) is 20.1. The Hall–Kier alpha value is -4.20. The van der Waals surface area contributed by atoms with Gasteiger partial charge in [0.05, 0.1) is 5.52 Å². The fraction of sp³-hybridized carbons (Fsp3) is 0.286. The number of nitrogens with one attached hydrogen (secondary N) is 1. The Bertz CT molecular complexity index is 1550. The summed E-state index contributed by atoms with van der Waals surface area (Å²) in [6.45, 7) is 2.16. The number of hydrogen-bond acceptors (Lipinski definition) is 4. The van der Waals surface area contributed by atoms with Crippen molar-refractivity contribution in [3.05, 3.63) is 82.4 Å². The SMILES string of the molecule is Cn1c(=O)[nH]c2ncc(-c3cccc(C(=O)N4CC(CCN5CCCC5=O)c5ccccc54)c3)cc21. The summed E-state index contributed by atoms with van der Waals surface area (Å²) in [7, 11) is 1.70. The molecule has 2 aliphatic heterocycles.